The molecule has 0 aliphatic rings. The third-order valence-corrected chi connectivity index (χ3v) is 3.13. The minimum absolute atomic E-state index is 0.373. The summed E-state index contributed by atoms with van der Waals surface area (Å²) < 4.78 is 5.15. The Bertz CT molecular complexity index is 414. The van der Waals surface area contributed by atoms with Gasteiger partial charge in [0.1, 0.15) is 10.6 Å². The van der Waals surface area contributed by atoms with Gasteiger partial charge in [0.2, 0.25) is 5.13 Å². The Labute approximate surface area is 118 Å². The number of anilines is 1. The summed E-state index contributed by atoms with van der Waals surface area (Å²) in [4.78, 5) is 13.4. The highest BCUT2D eigenvalue weighted by Gasteiger charge is 2.15. The average Bonchev–Trinajstić information content (AvgIpc) is 2.68. The zero-order valence-electron chi connectivity index (χ0n) is 12.2. The fourth-order valence-electron chi connectivity index (χ4n) is 1.36. The van der Waals surface area contributed by atoms with Gasteiger partial charge in [-0.2, -0.15) is 0 Å². The lowest BCUT2D eigenvalue weighted by Gasteiger charge is -2.20. The van der Waals surface area contributed by atoms with E-state index in [-0.39, 0.29) is 6.09 Å². The van der Waals surface area contributed by atoms with Crippen molar-refractivity contribution < 1.29 is 9.53 Å². The van der Waals surface area contributed by atoms with E-state index >= 15 is 0 Å². The fourth-order valence-corrected chi connectivity index (χ4v) is 2.03. The van der Waals surface area contributed by atoms with Crippen LogP contribution < -0.4 is 10.2 Å². The molecule has 1 N–H and O–H groups in total. The van der Waals surface area contributed by atoms with Gasteiger partial charge in [-0.3, -0.25) is 0 Å². The first-order valence-electron chi connectivity index (χ1n) is 6.26. The molecular weight excluding hydrogens is 264 g/mol. The molecule has 108 valence electrons. The highest BCUT2D eigenvalue weighted by molar-refractivity contribution is 7.15. The van der Waals surface area contributed by atoms with Gasteiger partial charge in [-0.05, 0) is 34.1 Å². The second-order valence-electron chi connectivity index (χ2n) is 5.31. The van der Waals surface area contributed by atoms with Crippen LogP contribution in [0.2, 0.25) is 0 Å². The molecule has 1 heterocycles. The Morgan fingerprint density at radius 2 is 2.11 bits per heavy atom. The van der Waals surface area contributed by atoms with Crippen molar-refractivity contribution in [3.63, 3.8) is 0 Å². The van der Waals surface area contributed by atoms with Crippen molar-refractivity contribution in [2.75, 3.05) is 25.0 Å². The first-order valence-corrected chi connectivity index (χ1v) is 7.07. The van der Waals surface area contributed by atoms with E-state index in [2.05, 4.69) is 15.5 Å². The van der Waals surface area contributed by atoms with Crippen LogP contribution in [0, 0.1) is 6.92 Å². The second-order valence-corrected chi connectivity index (χ2v) is 6.47. The van der Waals surface area contributed by atoms with E-state index in [0.717, 1.165) is 23.1 Å². The molecule has 1 amide bonds. The highest BCUT2D eigenvalue weighted by Crippen LogP contribution is 2.17. The Kier molecular flexibility index (Phi) is 5.53. The van der Waals surface area contributed by atoms with Crippen molar-refractivity contribution >= 4 is 22.6 Å². The summed E-state index contributed by atoms with van der Waals surface area (Å²) in [5, 5.41) is 12.6. The summed E-state index contributed by atoms with van der Waals surface area (Å²) in [7, 11) is 1.97. The van der Waals surface area contributed by atoms with Crippen molar-refractivity contribution in [3.8, 4) is 0 Å². The molecular formula is C12H22N4O2S. The van der Waals surface area contributed by atoms with E-state index in [0.29, 0.717) is 6.54 Å². The van der Waals surface area contributed by atoms with E-state index in [9.17, 15) is 4.79 Å². The highest BCUT2D eigenvalue weighted by atomic mass is 32.1. The van der Waals surface area contributed by atoms with E-state index in [1.165, 1.54) is 0 Å². The SMILES string of the molecule is Cc1nnc(N(C)CCCNC(=O)OC(C)(C)C)s1. The van der Waals surface area contributed by atoms with Crippen LogP contribution in [-0.4, -0.2) is 42.0 Å². The average molecular weight is 286 g/mol. The maximum absolute atomic E-state index is 11.4. The number of nitrogens with zero attached hydrogens (tertiary/aromatic N) is 3. The topological polar surface area (TPSA) is 67.4 Å². The van der Waals surface area contributed by atoms with Gasteiger partial charge in [-0.15, -0.1) is 10.2 Å². The number of hydrogen-bond donors (Lipinski definition) is 1. The number of hydrogen-bond acceptors (Lipinski definition) is 6. The normalized spacial score (nSPS) is 11.2. The molecule has 0 bridgehead atoms. The molecule has 0 saturated heterocycles. The molecule has 0 unspecified atom stereocenters. The molecule has 0 spiro atoms. The van der Waals surface area contributed by atoms with Crippen LogP contribution in [0.15, 0.2) is 0 Å². The minimum Gasteiger partial charge on any atom is -0.444 e. The fraction of sp³-hybridized carbons (Fsp3) is 0.750. The quantitative estimate of drug-likeness (QED) is 0.840. The molecule has 19 heavy (non-hydrogen) atoms. The van der Waals surface area contributed by atoms with Gasteiger partial charge in [-0.25, -0.2) is 4.79 Å². The smallest absolute Gasteiger partial charge is 0.407 e. The summed E-state index contributed by atoms with van der Waals surface area (Å²) in [6.45, 7) is 8.86. The zero-order chi connectivity index (χ0) is 14.5. The minimum atomic E-state index is -0.453. The molecule has 0 saturated carbocycles. The number of aryl methyl sites for hydroxylation is 1. The molecule has 0 radical (unpaired) electrons. The van der Waals surface area contributed by atoms with Crippen molar-refractivity contribution in [3.05, 3.63) is 5.01 Å². The predicted octanol–water partition coefficient (Wildman–Crippen LogP) is 2.20. The van der Waals surface area contributed by atoms with E-state index in [1.54, 1.807) is 11.3 Å². The first-order chi connectivity index (χ1) is 8.78. The first kappa shape index (κ1) is 15.7. The van der Waals surface area contributed by atoms with Crippen LogP contribution in [-0.2, 0) is 4.74 Å². The third kappa shape index (κ3) is 6.37. The summed E-state index contributed by atoms with van der Waals surface area (Å²) in [6, 6.07) is 0. The van der Waals surface area contributed by atoms with Crippen molar-refractivity contribution in [2.45, 2.75) is 39.7 Å². The third-order valence-electron chi connectivity index (χ3n) is 2.18. The lowest BCUT2D eigenvalue weighted by Crippen LogP contribution is -2.34. The lowest BCUT2D eigenvalue weighted by atomic mass is 10.2. The molecule has 1 aromatic rings. The Balaban J connectivity index is 2.19. The summed E-state index contributed by atoms with van der Waals surface area (Å²) in [5.74, 6) is 0. The van der Waals surface area contributed by atoms with Crippen molar-refractivity contribution in [2.24, 2.45) is 0 Å². The number of aromatic nitrogens is 2. The van der Waals surface area contributed by atoms with Crippen LogP contribution in [0.4, 0.5) is 9.93 Å². The molecule has 1 rings (SSSR count). The summed E-state index contributed by atoms with van der Waals surface area (Å²) in [6.07, 6.45) is 0.455. The number of rotatable bonds is 5. The Hall–Kier alpha value is -1.37. The number of alkyl carbamates (subject to hydrolysis) is 1. The van der Waals surface area contributed by atoms with E-state index in [1.807, 2.05) is 39.6 Å². The Morgan fingerprint density at radius 3 is 2.63 bits per heavy atom. The number of ether oxygens (including phenoxy) is 1. The molecule has 0 aromatic carbocycles. The van der Waals surface area contributed by atoms with Gasteiger partial charge in [0.15, 0.2) is 0 Å². The van der Waals surface area contributed by atoms with Crippen LogP contribution in [0.3, 0.4) is 0 Å². The molecule has 0 atom stereocenters. The number of carbonyl (C=O) groups is 1. The zero-order valence-corrected chi connectivity index (χ0v) is 13.0. The monoisotopic (exact) mass is 286 g/mol. The molecule has 6 nitrogen and oxygen atoms in total. The number of carbonyl (C=O) groups excluding carboxylic acids is 1. The van der Waals surface area contributed by atoms with Gasteiger partial charge in [0, 0.05) is 20.1 Å². The number of amides is 1. The number of nitrogens with one attached hydrogen (secondary N) is 1. The molecule has 0 aliphatic heterocycles. The predicted molar refractivity (Wildman–Crippen MR) is 76.8 cm³/mol. The van der Waals surface area contributed by atoms with Crippen molar-refractivity contribution in [1.82, 2.24) is 15.5 Å². The van der Waals surface area contributed by atoms with Crippen LogP contribution in [0.25, 0.3) is 0 Å². The summed E-state index contributed by atoms with van der Waals surface area (Å²) >= 11 is 1.56. The van der Waals surface area contributed by atoms with Crippen LogP contribution in [0.1, 0.15) is 32.2 Å². The van der Waals surface area contributed by atoms with Gasteiger partial charge in [0.25, 0.3) is 0 Å². The van der Waals surface area contributed by atoms with Gasteiger partial charge < -0.3 is 15.0 Å². The van der Waals surface area contributed by atoms with Crippen LogP contribution in [0.5, 0.6) is 0 Å². The molecule has 7 heteroatoms. The molecule has 1 aromatic heterocycles. The van der Waals surface area contributed by atoms with Gasteiger partial charge in [0.05, 0.1) is 0 Å². The van der Waals surface area contributed by atoms with Crippen LogP contribution >= 0.6 is 11.3 Å². The van der Waals surface area contributed by atoms with E-state index in [4.69, 9.17) is 4.74 Å². The summed E-state index contributed by atoms with van der Waals surface area (Å²) in [5.41, 5.74) is -0.453. The molecule has 0 fully saturated rings. The maximum atomic E-state index is 11.4. The lowest BCUT2D eigenvalue weighted by molar-refractivity contribution is 0.0527. The second kappa shape index (κ2) is 6.70. The maximum Gasteiger partial charge on any atom is 0.407 e. The Morgan fingerprint density at radius 1 is 1.42 bits per heavy atom. The van der Waals surface area contributed by atoms with Gasteiger partial charge in [-0.1, -0.05) is 11.3 Å². The van der Waals surface area contributed by atoms with E-state index < -0.39 is 5.60 Å². The molecule has 0 aliphatic carbocycles. The van der Waals surface area contributed by atoms with Crippen molar-refractivity contribution in [1.29, 1.82) is 0 Å². The largest absolute Gasteiger partial charge is 0.444 e. The standard InChI is InChI=1S/C12H22N4O2S/c1-9-14-15-10(19-9)16(5)8-6-7-13-11(17)18-12(2,3)4/h6-8H2,1-5H3,(H,13,17). The van der Waals surface area contributed by atoms with Gasteiger partial charge >= 0.3 is 6.09 Å².